The summed E-state index contributed by atoms with van der Waals surface area (Å²) in [7, 11) is 0. The van der Waals surface area contributed by atoms with E-state index in [-0.39, 0.29) is 0 Å². The van der Waals surface area contributed by atoms with Crippen molar-refractivity contribution in [2.75, 3.05) is 32.8 Å². The number of hydrogen-bond acceptors (Lipinski definition) is 3. The van der Waals surface area contributed by atoms with Crippen molar-refractivity contribution in [1.29, 1.82) is 0 Å². The van der Waals surface area contributed by atoms with Crippen LogP contribution in [0.25, 0.3) is 0 Å². The van der Waals surface area contributed by atoms with Crippen LogP contribution in [0.4, 0.5) is 0 Å². The first-order valence-electron chi connectivity index (χ1n) is 8.13. The summed E-state index contributed by atoms with van der Waals surface area (Å²) in [6.07, 6.45) is 4.00. The molecular formula is C16H32N2O. The molecule has 2 unspecified atom stereocenters. The molecule has 2 fully saturated rings. The van der Waals surface area contributed by atoms with Crippen molar-refractivity contribution >= 4 is 0 Å². The van der Waals surface area contributed by atoms with Crippen LogP contribution in [0.2, 0.25) is 0 Å². The van der Waals surface area contributed by atoms with E-state index in [0.717, 1.165) is 38.0 Å². The van der Waals surface area contributed by atoms with E-state index in [2.05, 4.69) is 37.9 Å². The van der Waals surface area contributed by atoms with Gasteiger partial charge in [-0.25, -0.2) is 0 Å². The van der Waals surface area contributed by atoms with Crippen LogP contribution in [0.15, 0.2) is 0 Å². The highest BCUT2D eigenvalue weighted by Crippen LogP contribution is 2.41. The molecule has 0 amide bonds. The summed E-state index contributed by atoms with van der Waals surface area (Å²) in [6.45, 7) is 14.5. The zero-order valence-electron chi connectivity index (χ0n) is 13.2. The molecule has 112 valence electrons. The van der Waals surface area contributed by atoms with Gasteiger partial charge in [0.2, 0.25) is 0 Å². The molecular weight excluding hydrogens is 236 g/mol. The van der Waals surface area contributed by atoms with Gasteiger partial charge < -0.3 is 10.1 Å². The average Bonchev–Trinajstić information content (AvgIpc) is 3.19. The zero-order valence-corrected chi connectivity index (χ0v) is 13.2. The lowest BCUT2D eigenvalue weighted by atomic mass is 9.88. The molecule has 1 aliphatic heterocycles. The number of ether oxygens (including phenoxy) is 1. The molecule has 0 aromatic rings. The molecule has 0 bridgehead atoms. The van der Waals surface area contributed by atoms with Crippen molar-refractivity contribution in [3.8, 4) is 0 Å². The molecule has 0 radical (unpaired) electrons. The number of nitrogens with zero attached hydrogens (tertiary/aromatic N) is 1. The van der Waals surface area contributed by atoms with Crippen molar-refractivity contribution in [2.45, 2.75) is 58.5 Å². The monoisotopic (exact) mass is 268 g/mol. The van der Waals surface area contributed by atoms with Crippen LogP contribution in [0.3, 0.4) is 0 Å². The lowest BCUT2D eigenvalue weighted by Crippen LogP contribution is -2.65. The van der Waals surface area contributed by atoms with Crippen LogP contribution in [0.1, 0.15) is 47.0 Å². The Labute approximate surface area is 119 Å². The topological polar surface area (TPSA) is 24.5 Å². The van der Waals surface area contributed by atoms with E-state index in [4.69, 9.17) is 4.74 Å². The van der Waals surface area contributed by atoms with Gasteiger partial charge in [-0.2, -0.15) is 0 Å². The third-order valence-electron chi connectivity index (χ3n) is 4.90. The third kappa shape index (κ3) is 3.93. The van der Waals surface area contributed by atoms with Crippen molar-refractivity contribution in [2.24, 2.45) is 11.8 Å². The van der Waals surface area contributed by atoms with Gasteiger partial charge in [-0.1, -0.05) is 13.8 Å². The van der Waals surface area contributed by atoms with Gasteiger partial charge in [0.05, 0.1) is 0 Å². The van der Waals surface area contributed by atoms with Gasteiger partial charge in [0, 0.05) is 44.4 Å². The average molecular weight is 268 g/mol. The molecule has 1 N–H and O–H groups in total. The van der Waals surface area contributed by atoms with Crippen molar-refractivity contribution in [3.05, 3.63) is 0 Å². The summed E-state index contributed by atoms with van der Waals surface area (Å²) < 4.78 is 5.49. The lowest BCUT2D eigenvalue weighted by Gasteiger charge is -2.48. The van der Waals surface area contributed by atoms with E-state index in [1.165, 1.54) is 25.9 Å². The Morgan fingerprint density at radius 3 is 2.68 bits per heavy atom. The van der Waals surface area contributed by atoms with Gasteiger partial charge in [-0.15, -0.1) is 0 Å². The zero-order chi connectivity index (χ0) is 13.9. The molecule has 0 spiro atoms. The van der Waals surface area contributed by atoms with Crippen LogP contribution in [-0.4, -0.2) is 49.3 Å². The highest BCUT2D eigenvalue weighted by molar-refractivity contribution is 5.04. The first kappa shape index (κ1) is 15.3. The largest absolute Gasteiger partial charge is 0.382 e. The smallest absolute Gasteiger partial charge is 0.0478 e. The molecule has 0 aromatic carbocycles. The van der Waals surface area contributed by atoms with E-state index in [1.54, 1.807) is 0 Å². The minimum atomic E-state index is 0.358. The molecule has 3 heteroatoms. The summed E-state index contributed by atoms with van der Waals surface area (Å²) in [5, 5.41) is 3.85. The maximum atomic E-state index is 5.49. The highest BCUT2D eigenvalue weighted by Gasteiger charge is 2.46. The molecule has 1 aliphatic carbocycles. The summed E-state index contributed by atoms with van der Waals surface area (Å²) in [5.74, 6) is 1.64. The summed E-state index contributed by atoms with van der Waals surface area (Å²) in [5.41, 5.74) is 0.358. The Kier molecular flexibility index (Phi) is 5.27. The maximum Gasteiger partial charge on any atom is 0.0478 e. The summed E-state index contributed by atoms with van der Waals surface area (Å²) >= 11 is 0. The second-order valence-corrected chi connectivity index (χ2v) is 6.90. The first-order valence-corrected chi connectivity index (χ1v) is 8.13. The van der Waals surface area contributed by atoms with Crippen LogP contribution in [-0.2, 0) is 4.74 Å². The number of piperazine rings is 1. The van der Waals surface area contributed by atoms with E-state index in [1.807, 2.05) is 0 Å². The predicted molar refractivity (Wildman–Crippen MR) is 80.4 cm³/mol. The number of rotatable bonds is 7. The third-order valence-corrected chi connectivity index (χ3v) is 4.90. The fraction of sp³-hybridized carbons (Fsp3) is 1.00. The minimum absolute atomic E-state index is 0.358. The Morgan fingerprint density at radius 2 is 2.11 bits per heavy atom. The predicted octanol–water partition coefficient (Wildman–Crippen LogP) is 2.51. The van der Waals surface area contributed by atoms with Crippen molar-refractivity contribution in [3.63, 3.8) is 0 Å². The SMILES string of the molecule is CCOCCCN1CC(C)(C2CC2)NCC1C(C)C. The molecule has 1 saturated carbocycles. The van der Waals surface area contributed by atoms with E-state index < -0.39 is 0 Å². The normalized spacial score (nSPS) is 33.0. The molecule has 2 aliphatic rings. The Balaban J connectivity index is 1.88. The summed E-state index contributed by atoms with van der Waals surface area (Å²) in [6, 6.07) is 0.688. The number of hydrogen-bond donors (Lipinski definition) is 1. The van der Waals surface area contributed by atoms with E-state index in [0.29, 0.717) is 11.6 Å². The first-order chi connectivity index (χ1) is 9.07. The standard InChI is InChI=1S/C16H32N2O/c1-5-19-10-6-9-18-12-16(4,14-7-8-14)17-11-15(18)13(2)3/h13-15,17H,5-12H2,1-4H3. The van der Waals surface area contributed by atoms with Crippen LogP contribution in [0.5, 0.6) is 0 Å². The van der Waals surface area contributed by atoms with Crippen LogP contribution in [0, 0.1) is 11.8 Å². The second-order valence-electron chi connectivity index (χ2n) is 6.90. The highest BCUT2D eigenvalue weighted by atomic mass is 16.5. The Hall–Kier alpha value is -0.120. The van der Waals surface area contributed by atoms with Crippen molar-refractivity contribution in [1.82, 2.24) is 10.2 Å². The lowest BCUT2D eigenvalue weighted by molar-refractivity contribution is 0.0423. The Bertz CT molecular complexity index is 278. The minimum Gasteiger partial charge on any atom is -0.382 e. The molecule has 3 nitrogen and oxygen atoms in total. The molecule has 1 saturated heterocycles. The van der Waals surface area contributed by atoms with Gasteiger partial charge in [0.25, 0.3) is 0 Å². The van der Waals surface area contributed by atoms with Gasteiger partial charge in [0.15, 0.2) is 0 Å². The van der Waals surface area contributed by atoms with Crippen LogP contribution < -0.4 is 5.32 Å². The van der Waals surface area contributed by atoms with Crippen molar-refractivity contribution < 1.29 is 4.74 Å². The van der Waals surface area contributed by atoms with Crippen LogP contribution >= 0.6 is 0 Å². The fourth-order valence-electron chi connectivity index (χ4n) is 3.47. The quantitative estimate of drug-likeness (QED) is 0.718. The molecule has 0 aromatic heterocycles. The number of nitrogens with one attached hydrogen (secondary N) is 1. The van der Waals surface area contributed by atoms with Gasteiger partial charge in [-0.3, -0.25) is 4.90 Å². The molecule has 19 heavy (non-hydrogen) atoms. The Morgan fingerprint density at radius 1 is 1.37 bits per heavy atom. The fourth-order valence-corrected chi connectivity index (χ4v) is 3.47. The molecule has 1 heterocycles. The van der Waals surface area contributed by atoms with Gasteiger partial charge in [0.1, 0.15) is 0 Å². The van der Waals surface area contributed by atoms with E-state index in [9.17, 15) is 0 Å². The van der Waals surface area contributed by atoms with E-state index >= 15 is 0 Å². The second kappa shape index (κ2) is 6.55. The molecule has 2 rings (SSSR count). The van der Waals surface area contributed by atoms with Gasteiger partial charge >= 0.3 is 0 Å². The molecule has 2 atom stereocenters. The van der Waals surface area contributed by atoms with Gasteiger partial charge in [-0.05, 0) is 44.9 Å². The summed E-state index contributed by atoms with van der Waals surface area (Å²) in [4.78, 5) is 2.72. The maximum absolute atomic E-state index is 5.49.